The molecule has 0 N–H and O–H groups in total. The second-order valence-electron chi connectivity index (χ2n) is 12.9. The lowest BCUT2D eigenvalue weighted by molar-refractivity contribution is -0.139. The molecule has 42 heavy (non-hydrogen) atoms. The first-order chi connectivity index (χ1) is 19.2. The fraction of sp³-hybridized carbons (Fsp3) is 0.581. The number of hydrogen-bond donors (Lipinski definition) is 0. The second kappa shape index (κ2) is 13.1. The topological polar surface area (TPSA) is 57.1 Å². The van der Waals surface area contributed by atoms with Crippen molar-refractivity contribution >= 4 is 36.5 Å². The maximum absolute atomic E-state index is 14.1. The molecule has 2 aromatic carbocycles. The lowest BCUT2D eigenvalue weighted by Crippen LogP contribution is -2.38. The van der Waals surface area contributed by atoms with Crippen LogP contribution in [0, 0.1) is 0 Å². The molecule has 11 heteroatoms. The van der Waals surface area contributed by atoms with Gasteiger partial charge >= 0.3 is 6.18 Å². The summed E-state index contributed by atoms with van der Waals surface area (Å²) in [5.74, 6) is 0.252. The van der Waals surface area contributed by atoms with Gasteiger partial charge in [0.1, 0.15) is 17.9 Å². The molecule has 0 bridgehead atoms. The Morgan fingerprint density at radius 2 is 1.57 bits per heavy atom. The van der Waals surface area contributed by atoms with Gasteiger partial charge in [0.05, 0.1) is 18.8 Å². The average Bonchev–Trinajstić information content (AvgIpc) is 3.22. The molecule has 3 rings (SSSR count). The Labute approximate surface area is 257 Å². The van der Waals surface area contributed by atoms with Gasteiger partial charge in [-0.15, -0.1) is 0 Å². The van der Waals surface area contributed by atoms with Crippen LogP contribution >= 0.6 is 30.6 Å². The highest BCUT2D eigenvalue weighted by molar-refractivity contribution is 7.62. The Hall–Kier alpha value is -1.73. The maximum atomic E-state index is 14.1. The van der Waals surface area contributed by atoms with E-state index >= 15 is 0 Å². The van der Waals surface area contributed by atoms with Gasteiger partial charge in [-0.25, -0.2) is 4.99 Å². The Morgan fingerprint density at radius 1 is 0.952 bits per heavy atom. The third kappa shape index (κ3) is 8.68. The number of hydrogen-bond acceptors (Lipinski definition) is 5. The van der Waals surface area contributed by atoms with Crippen LogP contribution in [0.4, 0.5) is 13.2 Å². The zero-order valence-electron chi connectivity index (χ0n) is 25.3. The van der Waals surface area contributed by atoms with E-state index in [1.807, 2.05) is 41.5 Å². The molecule has 234 valence electrons. The van der Waals surface area contributed by atoms with E-state index in [2.05, 4.69) is 4.99 Å². The lowest BCUT2D eigenvalue weighted by atomic mass is 9.93. The molecule has 1 aliphatic heterocycles. The van der Waals surface area contributed by atoms with Crippen molar-refractivity contribution in [2.24, 2.45) is 4.99 Å². The van der Waals surface area contributed by atoms with Crippen LogP contribution in [0.3, 0.4) is 0 Å². The highest BCUT2D eigenvalue weighted by atomic mass is 35.5. The summed E-state index contributed by atoms with van der Waals surface area (Å²) < 4.78 is 73.6. The van der Waals surface area contributed by atoms with E-state index in [1.165, 1.54) is 6.07 Å². The molecule has 0 fully saturated rings. The van der Waals surface area contributed by atoms with Crippen LogP contribution in [0.1, 0.15) is 78.0 Å². The molecule has 2 aromatic rings. The molecule has 0 saturated carbocycles. The quantitative estimate of drug-likeness (QED) is 0.179. The van der Waals surface area contributed by atoms with Crippen LogP contribution in [0.15, 0.2) is 41.4 Å². The van der Waals surface area contributed by atoms with Gasteiger partial charge in [-0.2, -0.15) is 13.2 Å². The van der Waals surface area contributed by atoms with E-state index in [0.29, 0.717) is 40.8 Å². The normalized spacial score (nSPS) is 18.1. The Balaban J connectivity index is 1.72. The molecule has 1 unspecified atom stereocenters. The first kappa shape index (κ1) is 34.8. The minimum Gasteiger partial charge on any atom is -0.493 e. The zero-order chi connectivity index (χ0) is 31.6. The molecule has 0 saturated heterocycles. The van der Waals surface area contributed by atoms with Gasteiger partial charge in [0, 0.05) is 27.3 Å². The predicted molar refractivity (Wildman–Crippen MR) is 165 cm³/mol. The summed E-state index contributed by atoms with van der Waals surface area (Å²) in [5.41, 5.74) is -0.316. The van der Waals surface area contributed by atoms with Crippen molar-refractivity contribution in [3.05, 3.63) is 63.1 Å². The number of benzene rings is 2. The van der Waals surface area contributed by atoms with Gasteiger partial charge in [-0.3, -0.25) is 4.57 Å². The predicted octanol–water partition coefficient (Wildman–Crippen LogP) is 10.0. The first-order valence-corrected chi connectivity index (χ1v) is 16.3. The summed E-state index contributed by atoms with van der Waals surface area (Å²) in [6.07, 6.45) is -2.90. The second-order valence-corrected chi connectivity index (χ2v) is 17.8. The third-order valence-electron chi connectivity index (χ3n) is 7.24. The molecular weight excluding hydrogens is 609 g/mol. The standard InChI is InChI=1S/C31H41Cl2F3NO4P/c1-21-37-30(19-40-21,20-41-42(38,28(2,3)4)29(5,6)7)13-12-22-10-11-27(26(17-22)31(34,35)36)39-14-8-9-23-15-24(32)18-25(33)16-23/h10-11,15-18H,8-9,12-14,19-20H2,1-7H3. The molecule has 0 spiro atoms. The zero-order valence-corrected chi connectivity index (χ0v) is 27.7. The van der Waals surface area contributed by atoms with Crippen LogP contribution < -0.4 is 4.74 Å². The highest BCUT2D eigenvalue weighted by Gasteiger charge is 2.50. The Bertz CT molecular complexity index is 1300. The fourth-order valence-electron chi connectivity index (χ4n) is 5.19. The molecule has 0 amide bonds. The van der Waals surface area contributed by atoms with E-state index in [1.54, 1.807) is 31.2 Å². The van der Waals surface area contributed by atoms with Crippen molar-refractivity contribution in [1.29, 1.82) is 0 Å². The minimum absolute atomic E-state index is 0.0430. The average molecular weight is 651 g/mol. The van der Waals surface area contributed by atoms with Gasteiger partial charge < -0.3 is 14.0 Å². The van der Waals surface area contributed by atoms with Crippen molar-refractivity contribution in [2.75, 3.05) is 19.8 Å². The van der Waals surface area contributed by atoms with Crippen LogP contribution in [0.5, 0.6) is 5.75 Å². The van der Waals surface area contributed by atoms with Gasteiger partial charge in [0.25, 0.3) is 0 Å². The number of nitrogens with zero attached hydrogens (tertiary/aromatic N) is 1. The van der Waals surface area contributed by atoms with E-state index < -0.39 is 35.0 Å². The number of halogens is 5. The fourth-order valence-corrected chi connectivity index (χ4v) is 8.97. The molecule has 0 aromatic heterocycles. The van der Waals surface area contributed by atoms with E-state index in [9.17, 15) is 17.7 Å². The molecular formula is C31H41Cl2F3NO4P. The molecule has 1 heterocycles. The molecule has 0 radical (unpaired) electrons. The van der Waals surface area contributed by atoms with E-state index in [-0.39, 0.29) is 32.0 Å². The van der Waals surface area contributed by atoms with Crippen molar-refractivity contribution in [1.82, 2.24) is 0 Å². The van der Waals surface area contributed by atoms with E-state index in [4.69, 9.17) is 37.2 Å². The van der Waals surface area contributed by atoms with Gasteiger partial charge in [0.2, 0.25) is 7.37 Å². The summed E-state index contributed by atoms with van der Waals surface area (Å²) in [6, 6.07) is 9.29. The van der Waals surface area contributed by atoms with Crippen LogP contribution in [-0.2, 0) is 32.8 Å². The summed E-state index contributed by atoms with van der Waals surface area (Å²) in [5, 5.41) is -0.208. The number of alkyl halides is 3. The number of aliphatic imine (C=N–C) groups is 1. The van der Waals surface area contributed by atoms with Gasteiger partial charge in [-0.05, 0) is 67.1 Å². The SMILES string of the molecule is CC1=NC(CCc2ccc(OCCCc3cc(Cl)cc(Cl)c3)c(C(F)(F)F)c2)(COP(=O)(C(C)(C)C)C(C)(C)C)CO1. The number of aryl methyl sites for hydroxylation is 2. The monoisotopic (exact) mass is 649 g/mol. The molecule has 1 atom stereocenters. The highest BCUT2D eigenvalue weighted by Crippen LogP contribution is 2.67. The van der Waals surface area contributed by atoms with Crippen molar-refractivity contribution in [3.63, 3.8) is 0 Å². The third-order valence-corrected chi connectivity index (χ3v) is 11.7. The maximum Gasteiger partial charge on any atom is 0.419 e. The lowest BCUT2D eigenvalue weighted by Gasteiger charge is -2.41. The van der Waals surface area contributed by atoms with Gasteiger partial charge in [0.15, 0.2) is 5.90 Å². The van der Waals surface area contributed by atoms with Crippen LogP contribution in [0.25, 0.3) is 0 Å². The Morgan fingerprint density at radius 3 is 2.10 bits per heavy atom. The van der Waals surface area contributed by atoms with Crippen molar-refractivity contribution in [3.8, 4) is 5.75 Å². The summed E-state index contributed by atoms with van der Waals surface area (Å²) >= 11 is 12.1. The minimum atomic E-state index is -4.59. The number of ether oxygens (including phenoxy) is 2. The summed E-state index contributed by atoms with van der Waals surface area (Å²) in [4.78, 5) is 4.66. The molecule has 5 nitrogen and oxygen atoms in total. The van der Waals surface area contributed by atoms with Gasteiger partial charge in [-0.1, -0.05) is 70.8 Å². The largest absolute Gasteiger partial charge is 0.493 e. The van der Waals surface area contributed by atoms with Crippen LogP contribution in [-0.4, -0.2) is 41.6 Å². The van der Waals surface area contributed by atoms with Crippen molar-refractivity contribution < 1.29 is 31.7 Å². The first-order valence-electron chi connectivity index (χ1n) is 14.0. The van der Waals surface area contributed by atoms with E-state index in [0.717, 1.165) is 11.6 Å². The smallest absolute Gasteiger partial charge is 0.419 e. The summed E-state index contributed by atoms with van der Waals surface area (Å²) in [7, 11) is -3.18. The van der Waals surface area contributed by atoms with Crippen molar-refractivity contribution in [2.45, 2.75) is 96.2 Å². The molecule has 0 aliphatic carbocycles. The number of rotatable bonds is 11. The van der Waals surface area contributed by atoms with Crippen LogP contribution in [0.2, 0.25) is 10.0 Å². The molecule has 1 aliphatic rings. The Kier molecular flexibility index (Phi) is 10.8. The summed E-state index contributed by atoms with van der Waals surface area (Å²) in [6.45, 7) is 13.4.